The first-order valence-electron chi connectivity index (χ1n) is 6.42. The van der Waals surface area contributed by atoms with Crippen LogP contribution >= 0.6 is 15.9 Å². The average Bonchev–Trinajstić information content (AvgIpc) is 2.41. The number of hydrogen-bond acceptors (Lipinski definition) is 2. The van der Waals surface area contributed by atoms with Gasteiger partial charge < -0.3 is 10.4 Å². The molecule has 0 heterocycles. The number of para-hydroxylation sites is 1. The third-order valence-corrected chi connectivity index (χ3v) is 3.74. The molecule has 2 rings (SSSR count). The summed E-state index contributed by atoms with van der Waals surface area (Å²) in [5.41, 5.74) is 3.23. The second kappa shape index (κ2) is 6.11. The molecule has 0 radical (unpaired) electrons. The van der Waals surface area contributed by atoms with E-state index in [4.69, 9.17) is 0 Å². The molecule has 2 aromatic rings. The highest BCUT2D eigenvalue weighted by Crippen LogP contribution is 2.32. The summed E-state index contributed by atoms with van der Waals surface area (Å²) in [4.78, 5) is 0. The molecule has 0 amide bonds. The summed E-state index contributed by atoms with van der Waals surface area (Å²) in [5, 5.41) is 13.5. The molecule has 0 fully saturated rings. The second-order valence-corrected chi connectivity index (χ2v) is 5.54. The molecule has 2 N–H and O–H groups in total. The smallest absolute Gasteiger partial charge is 0.120 e. The first kappa shape index (κ1) is 13.9. The maximum atomic E-state index is 10.0. The van der Waals surface area contributed by atoms with Crippen LogP contribution in [0.25, 0.3) is 0 Å². The first-order valence-corrected chi connectivity index (χ1v) is 7.21. The van der Waals surface area contributed by atoms with E-state index in [1.165, 1.54) is 5.56 Å². The number of rotatable bonds is 4. The van der Waals surface area contributed by atoms with Crippen LogP contribution in [0.15, 0.2) is 46.9 Å². The minimum absolute atomic E-state index is 0.0959. The fourth-order valence-corrected chi connectivity index (χ4v) is 2.51. The zero-order valence-corrected chi connectivity index (χ0v) is 12.7. The van der Waals surface area contributed by atoms with Gasteiger partial charge in [0.15, 0.2) is 0 Å². The average molecular weight is 320 g/mol. The van der Waals surface area contributed by atoms with Crippen LogP contribution < -0.4 is 5.32 Å². The van der Waals surface area contributed by atoms with Crippen LogP contribution in [-0.2, 0) is 0 Å². The molecule has 0 spiro atoms. The van der Waals surface area contributed by atoms with Gasteiger partial charge >= 0.3 is 0 Å². The van der Waals surface area contributed by atoms with E-state index < -0.39 is 0 Å². The van der Waals surface area contributed by atoms with Gasteiger partial charge in [-0.25, -0.2) is 0 Å². The molecule has 1 atom stereocenters. The minimum atomic E-state index is 0.0959. The Hall–Kier alpha value is -1.48. The molecule has 0 aromatic heterocycles. The predicted molar refractivity (Wildman–Crippen MR) is 83.6 cm³/mol. The summed E-state index contributed by atoms with van der Waals surface area (Å²) in [7, 11) is 0. The SMILES string of the molecule is CCC(Nc1ccccc1C)c1cc(Br)ccc1O. The van der Waals surface area contributed by atoms with E-state index in [1.54, 1.807) is 6.07 Å². The second-order valence-electron chi connectivity index (χ2n) is 4.62. The lowest BCUT2D eigenvalue weighted by Crippen LogP contribution is -2.10. The van der Waals surface area contributed by atoms with E-state index in [0.29, 0.717) is 5.75 Å². The molecule has 0 bridgehead atoms. The van der Waals surface area contributed by atoms with Crippen LogP contribution in [0, 0.1) is 6.92 Å². The van der Waals surface area contributed by atoms with Crippen LogP contribution in [0.5, 0.6) is 5.75 Å². The summed E-state index contributed by atoms with van der Waals surface area (Å²) >= 11 is 3.45. The van der Waals surface area contributed by atoms with E-state index in [-0.39, 0.29) is 6.04 Å². The van der Waals surface area contributed by atoms with Crippen LogP contribution in [0.4, 0.5) is 5.69 Å². The van der Waals surface area contributed by atoms with Crippen molar-refractivity contribution in [3.05, 3.63) is 58.1 Å². The highest BCUT2D eigenvalue weighted by atomic mass is 79.9. The fraction of sp³-hybridized carbons (Fsp3) is 0.250. The highest BCUT2D eigenvalue weighted by molar-refractivity contribution is 9.10. The molecule has 0 aliphatic rings. The number of anilines is 1. The molecule has 100 valence electrons. The van der Waals surface area contributed by atoms with Crippen LogP contribution in [0.3, 0.4) is 0 Å². The molecule has 0 aliphatic carbocycles. The Morgan fingerprint density at radius 2 is 1.95 bits per heavy atom. The van der Waals surface area contributed by atoms with Crippen molar-refractivity contribution in [2.45, 2.75) is 26.3 Å². The quantitative estimate of drug-likeness (QED) is 0.828. The van der Waals surface area contributed by atoms with Crippen molar-refractivity contribution in [3.8, 4) is 5.75 Å². The molecule has 19 heavy (non-hydrogen) atoms. The summed E-state index contributed by atoms with van der Waals surface area (Å²) in [6, 6.07) is 13.8. The Morgan fingerprint density at radius 3 is 2.63 bits per heavy atom. The maximum Gasteiger partial charge on any atom is 0.120 e. The molecule has 0 aliphatic heterocycles. The van der Waals surface area contributed by atoms with E-state index >= 15 is 0 Å². The van der Waals surface area contributed by atoms with E-state index in [0.717, 1.165) is 22.1 Å². The third kappa shape index (κ3) is 3.29. The van der Waals surface area contributed by atoms with Gasteiger partial charge in [-0.15, -0.1) is 0 Å². The largest absolute Gasteiger partial charge is 0.508 e. The summed E-state index contributed by atoms with van der Waals surface area (Å²) in [6.07, 6.45) is 0.901. The van der Waals surface area contributed by atoms with Crippen LogP contribution in [0.2, 0.25) is 0 Å². The lowest BCUT2D eigenvalue weighted by molar-refractivity contribution is 0.462. The van der Waals surface area contributed by atoms with Crippen molar-refractivity contribution in [2.24, 2.45) is 0 Å². The van der Waals surface area contributed by atoms with Crippen molar-refractivity contribution < 1.29 is 5.11 Å². The third-order valence-electron chi connectivity index (χ3n) is 3.25. The van der Waals surface area contributed by atoms with Crippen molar-refractivity contribution in [2.75, 3.05) is 5.32 Å². The number of benzene rings is 2. The van der Waals surface area contributed by atoms with Gasteiger partial charge in [-0.2, -0.15) is 0 Å². The zero-order valence-electron chi connectivity index (χ0n) is 11.2. The van der Waals surface area contributed by atoms with Gasteiger partial charge in [0.2, 0.25) is 0 Å². The summed E-state index contributed by atoms with van der Waals surface area (Å²) in [6.45, 7) is 4.19. The number of aryl methyl sites for hydroxylation is 1. The van der Waals surface area contributed by atoms with Gasteiger partial charge in [0.25, 0.3) is 0 Å². The van der Waals surface area contributed by atoms with Crippen LogP contribution in [0.1, 0.15) is 30.5 Å². The number of hydrogen-bond donors (Lipinski definition) is 2. The minimum Gasteiger partial charge on any atom is -0.508 e. The lowest BCUT2D eigenvalue weighted by atomic mass is 10.0. The molecular formula is C16H18BrNO. The van der Waals surface area contributed by atoms with Gasteiger partial charge in [0, 0.05) is 15.7 Å². The predicted octanol–water partition coefficient (Wildman–Crippen LogP) is 5.03. The van der Waals surface area contributed by atoms with Crippen molar-refractivity contribution >= 4 is 21.6 Å². The Labute approximate surface area is 122 Å². The molecule has 2 nitrogen and oxygen atoms in total. The molecule has 0 saturated carbocycles. The zero-order chi connectivity index (χ0) is 13.8. The number of aromatic hydroxyl groups is 1. The van der Waals surface area contributed by atoms with Gasteiger partial charge in [-0.05, 0) is 43.2 Å². The van der Waals surface area contributed by atoms with Gasteiger partial charge in [0.1, 0.15) is 5.75 Å². The molecule has 3 heteroatoms. The first-order chi connectivity index (χ1) is 9.11. The summed E-state index contributed by atoms with van der Waals surface area (Å²) in [5.74, 6) is 0.330. The number of halogens is 1. The Morgan fingerprint density at radius 1 is 1.21 bits per heavy atom. The molecule has 1 unspecified atom stereocenters. The van der Waals surface area contributed by atoms with E-state index in [9.17, 15) is 5.11 Å². The van der Waals surface area contributed by atoms with Crippen molar-refractivity contribution in [1.82, 2.24) is 0 Å². The highest BCUT2D eigenvalue weighted by Gasteiger charge is 2.14. The van der Waals surface area contributed by atoms with Gasteiger partial charge in [-0.1, -0.05) is 41.1 Å². The Kier molecular flexibility index (Phi) is 4.48. The van der Waals surface area contributed by atoms with E-state index in [1.807, 2.05) is 24.3 Å². The van der Waals surface area contributed by atoms with Crippen molar-refractivity contribution in [1.29, 1.82) is 0 Å². The summed E-state index contributed by atoms with van der Waals surface area (Å²) < 4.78 is 0.977. The normalized spacial score (nSPS) is 12.2. The molecule has 2 aromatic carbocycles. The topological polar surface area (TPSA) is 32.3 Å². The standard InChI is InChI=1S/C16H18BrNO/c1-3-14(13-10-12(17)8-9-16(13)19)18-15-7-5-4-6-11(15)2/h4-10,14,18-19H,3H2,1-2H3. The number of phenols is 1. The van der Waals surface area contributed by atoms with Crippen molar-refractivity contribution in [3.63, 3.8) is 0 Å². The van der Waals surface area contributed by atoms with Gasteiger partial charge in [0.05, 0.1) is 6.04 Å². The lowest BCUT2D eigenvalue weighted by Gasteiger charge is -2.21. The monoisotopic (exact) mass is 319 g/mol. The maximum absolute atomic E-state index is 10.0. The number of phenolic OH excluding ortho intramolecular Hbond substituents is 1. The molecular weight excluding hydrogens is 302 g/mol. The molecule has 0 saturated heterocycles. The Balaban J connectivity index is 2.30. The van der Waals surface area contributed by atoms with Crippen LogP contribution in [-0.4, -0.2) is 5.11 Å². The fourth-order valence-electron chi connectivity index (χ4n) is 2.13. The van der Waals surface area contributed by atoms with Gasteiger partial charge in [-0.3, -0.25) is 0 Å². The Bertz CT molecular complexity index is 568. The number of nitrogens with one attached hydrogen (secondary N) is 1. The van der Waals surface area contributed by atoms with E-state index in [2.05, 4.69) is 47.2 Å².